The molecule has 0 fully saturated rings. The van der Waals surface area contributed by atoms with Gasteiger partial charge in [-0.05, 0) is 24.8 Å². The molecule has 0 saturated carbocycles. The van der Waals surface area contributed by atoms with Crippen LogP contribution in [-0.2, 0) is 22.7 Å². The van der Waals surface area contributed by atoms with E-state index in [0.717, 1.165) is 36.8 Å². The number of hydrogen-bond acceptors (Lipinski definition) is 4. The molecule has 13 heavy (non-hydrogen) atoms. The van der Waals surface area contributed by atoms with Crippen molar-refractivity contribution in [2.45, 2.75) is 24.4 Å². The first kappa shape index (κ1) is 8.62. The fourth-order valence-electron chi connectivity index (χ4n) is 1.47. The lowest BCUT2D eigenvalue weighted by Gasteiger charge is -1.99. The van der Waals surface area contributed by atoms with Gasteiger partial charge in [0, 0.05) is 18.1 Å². The van der Waals surface area contributed by atoms with Gasteiger partial charge in [0.1, 0.15) is 0 Å². The van der Waals surface area contributed by atoms with Crippen LogP contribution in [0.5, 0.6) is 0 Å². The van der Waals surface area contributed by atoms with E-state index < -0.39 is 9.84 Å². The van der Waals surface area contributed by atoms with Crippen LogP contribution >= 0.6 is 0 Å². The van der Waals surface area contributed by atoms with Gasteiger partial charge in [0.25, 0.3) is 0 Å². The highest BCUT2D eigenvalue weighted by atomic mass is 32.2. The first-order valence-corrected chi connectivity index (χ1v) is 6.01. The molecule has 0 aliphatic heterocycles. The van der Waals surface area contributed by atoms with E-state index in [-0.39, 0.29) is 5.16 Å². The number of hydrogen-bond donors (Lipinski definition) is 0. The predicted molar refractivity (Wildman–Crippen MR) is 47.2 cm³/mol. The average molecular weight is 198 g/mol. The van der Waals surface area contributed by atoms with Crippen LogP contribution < -0.4 is 0 Å². The Kier molecular flexibility index (Phi) is 1.83. The second-order valence-corrected chi connectivity index (χ2v) is 5.16. The van der Waals surface area contributed by atoms with Crippen LogP contribution in [0.4, 0.5) is 0 Å². The highest BCUT2D eigenvalue weighted by molar-refractivity contribution is 7.90. The van der Waals surface area contributed by atoms with Crippen molar-refractivity contribution in [1.82, 2.24) is 9.97 Å². The smallest absolute Gasteiger partial charge is 0.227 e. The van der Waals surface area contributed by atoms with E-state index >= 15 is 0 Å². The van der Waals surface area contributed by atoms with Crippen molar-refractivity contribution >= 4 is 9.84 Å². The van der Waals surface area contributed by atoms with Gasteiger partial charge in [0.05, 0.1) is 0 Å². The Balaban J connectivity index is 2.54. The Labute approximate surface area is 77.0 Å². The van der Waals surface area contributed by atoms with Crippen molar-refractivity contribution in [3.8, 4) is 0 Å². The quantitative estimate of drug-likeness (QED) is 0.612. The van der Waals surface area contributed by atoms with Gasteiger partial charge in [0.15, 0.2) is 0 Å². The Morgan fingerprint density at radius 1 is 1.38 bits per heavy atom. The third-order valence-corrected chi connectivity index (χ3v) is 2.98. The number of aryl methyl sites for hydroxylation is 2. The lowest BCUT2D eigenvalue weighted by molar-refractivity contribution is 0.592. The molecule has 0 saturated heterocycles. The Morgan fingerprint density at radius 2 is 2.15 bits per heavy atom. The maximum atomic E-state index is 11.1. The van der Waals surface area contributed by atoms with Crippen LogP contribution in [0, 0.1) is 0 Å². The molecule has 2 rings (SSSR count). The molecule has 0 amide bonds. The van der Waals surface area contributed by atoms with E-state index in [1.165, 1.54) is 0 Å². The number of rotatable bonds is 1. The molecule has 1 aliphatic rings. The predicted octanol–water partition coefficient (Wildman–Crippen LogP) is 0.369. The highest BCUT2D eigenvalue weighted by Gasteiger charge is 2.17. The van der Waals surface area contributed by atoms with E-state index in [1.807, 2.05) is 0 Å². The maximum Gasteiger partial charge on any atom is 0.246 e. The molecule has 1 aromatic heterocycles. The fourth-order valence-corrected chi connectivity index (χ4v) is 1.99. The lowest BCUT2D eigenvalue weighted by atomic mass is 10.3. The molecule has 4 nitrogen and oxygen atoms in total. The second-order valence-electron chi connectivity index (χ2n) is 3.25. The average Bonchev–Trinajstić information content (AvgIpc) is 2.47. The van der Waals surface area contributed by atoms with Gasteiger partial charge in [-0.25, -0.2) is 18.4 Å². The molecule has 0 radical (unpaired) electrons. The molecule has 0 unspecified atom stereocenters. The summed E-state index contributed by atoms with van der Waals surface area (Å²) >= 11 is 0. The molecule has 1 heterocycles. The van der Waals surface area contributed by atoms with Crippen LogP contribution in [-0.4, -0.2) is 24.6 Å². The van der Waals surface area contributed by atoms with Crippen LogP contribution in [0.25, 0.3) is 0 Å². The monoisotopic (exact) mass is 198 g/mol. The lowest BCUT2D eigenvalue weighted by Crippen LogP contribution is -2.05. The third-order valence-electron chi connectivity index (χ3n) is 2.12. The minimum absolute atomic E-state index is 0.0480. The zero-order valence-electron chi connectivity index (χ0n) is 7.32. The Bertz CT molecular complexity index is 439. The molecule has 1 aliphatic carbocycles. The zero-order valence-corrected chi connectivity index (χ0v) is 8.13. The van der Waals surface area contributed by atoms with Gasteiger partial charge in [0.2, 0.25) is 15.0 Å². The summed E-state index contributed by atoms with van der Waals surface area (Å²) in [7, 11) is -3.25. The van der Waals surface area contributed by atoms with E-state index in [1.54, 1.807) is 6.20 Å². The molecule has 1 aromatic rings. The number of nitrogens with zero attached hydrogens (tertiary/aromatic N) is 2. The van der Waals surface area contributed by atoms with Gasteiger partial charge in [-0.15, -0.1) is 0 Å². The van der Waals surface area contributed by atoms with Gasteiger partial charge >= 0.3 is 0 Å². The van der Waals surface area contributed by atoms with Crippen molar-refractivity contribution in [3.05, 3.63) is 17.5 Å². The first-order chi connectivity index (χ1) is 6.07. The summed E-state index contributed by atoms with van der Waals surface area (Å²) in [5.74, 6) is 0. The first-order valence-electron chi connectivity index (χ1n) is 4.12. The van der Waals surface area contributed by atoms with Gasteiger partial charge in [-0.3, -0.25) is 0 Å². The zero-order chi connectivity index (χ0) is 9.47. The summed E-state index contributed by atoms with van der Waals surface area (Å²) < 4.78 is 22.2. The van der Waals surface area contributed by atoms with Crippen LogP contribution in [0.2, 0.25) is 0 Å². The standard InChI is InChI=1S/C8H10N2O2S/c1-13(11,12)8-9-5-6-3-2-4-7(6)10-8/h5H,2-4H2,1H3. The summed E-state index contributed by atoms with van der Waals surface area (Å²) in [6.07, 6.45) is 5.66. The maximum absolute atomic E-state index is 11.1. The van der Waals surface area contributed by atoms with E-state index in [2.05, 4.69) is 9.97 Å². The largest absolute Gasteiger partial charge is 0.246 e. The SMILES string of the molecule is CS(=O)(=O)c1ncc2c(n1)CCC2. The van der Waals surface area contributed by atoms with Crippen LogP contribution in [0.3, 0.4) is 0 Å². The van der Waals surface area contributed by atoms with Gasteiger partial charge < -0.3 is 0 Å². The Morgan fingerprint density at radius 3 is 2.85 bits per heavy atom. The molecular weight excluding hydrogens is 188 g/mol. The molecular formula is C8H10N2O2S. The van der Waals surface area contributed by atoms with Crippen LogP contribution in [0.15, 0.2) is 11.4 Å². The van der Waals surface area contributed by atoms with Crippen molar-refractivity contribution in [1.29, 1.82) is 0 Å². The third kappa shape index (κ3) is 1.56. The van der Waals surface area contributed by atoms with E-state index in [9.17, 15) is 8.42 Å². The number of fused-ring (bicyclic) bond motifs is 1. The summed E-state index contributed by atoms with van der Waals surface area (Å²) in [4.78, 5) is 7.85. The molecule has 5 heteroatoms. The van der Waals surface area contributed by atoms with Crippen molar-refractivity contribution < 1.29 is 8.42 Å². The summed E-state index contributed by atoms with van der Waals surface area (Å²) in [5.41, 5.74) is 1.99. The van der Waals surface area contributed by atoms with E-state index in [4.69, 9.17) is 0 Å². The minimum Gasteiger partial charge on any atom is -0.227 e. The molecule has 70 valence electrons. The second kappa shape index (κ2) is 2.77. The number of aromatic nitrogens is 2. The summed E-state index contributed by atoms with van der Waals surface area (Å²) in [5, 5.41) is -0.0480. The molecule has 0 atom stereocenters. The van der Waals surface area contributed by atoms with Gasteiger partial charge in [-0.1, -0.05) is 0 Å². The highest BCUT2D eigenvalue weighted by Crippen LogP contribution is 2.19. The van der Waals surface area contributed by atoms with Crippen molar-refractivity contribution in [3.63, 3.8) is 0 Å². The topological polar surface area (TPSA) is 59.9 Å². The molecule has 0 aromatic carbocycles. The summed E-state index contributed by atoms with van der Waals surface area (Å²) in [6, 6.07) is 0. The number of sulfone groups is 1. The molecule has 0 spiro atoms. The van der Waals surface area contributed by atoms with Crippen LogP contribution in [0.1, 0.15) is 17.7 Å². The molecule has 0 bridgehead atoms. The van der Waals surface area contributed by atoms with Crippen molar-refractivity contribution in [2.75, 3.05) is 6.26 Å². The van der Waals surface area contributed by atoms with Crippen molar-refractivity contribution in [2.24, 2.45) is 0 Å². The molecule has 0 N–H and O–H groups in total. The Hall–Kier alpha value is -0.970. The minimum atomic E-state index is -3.25. The summed E-state index contributed by atoms with van der Waals surface area (Å²) in [6.45, 7) is 0. The van der Waals surface area contributed by atoms with Gasteiger partial charge in [-0.2, -0.15) is 0 Å². The van der Waals surface area contributed by atoms with E-state index in [0.29, 0.717) is 0 Å². The fraction of sp³-hybridized carbons (Fsp3) is 0.500. The normalized spacial score (nSPS) is 15.8.